The molecule has 0 aliphatic rings. The van der Waals surface area contributed by atoms with Crippen LogP contribution in [0.25, 0.3) is 0 Å². The Morgan fingerprint density at radius 1 is 1.29 bits per heavy atom. The van der Waals surface area contributed by atoms with Gasteiger partial charge in [-0.15, -0.1) is 6.58 Å². The Balaban J connectivity index is 1.94. The Morgan fingerprint density at radius 2 is 2.07 bits per heavy atom. The maximum absolute atomic E-state index is 11.8. The van der Waals surface area contributed by atoms with Crippen molar-refractivity contribution in [3.05, 3.63) is 70.3 Å². The first-order valence-corrected chi connectivity index (χ1v) is 8.12. The molecule has 1 N–H and O–H groups in total. The molecule has 2 rings (SSSR count). The Hall–Kier alpha value is -3.88. The fourth-order valence-corrected chi connectivity index (χ4v) is 2.22. The first-order valence-electron chi connectivity index (χ1n) is 8.12. The number of carbonyl (C=O) groups excluding carboxylic acids is 1. The van der Waals surface area contributed by atoms with E-state index < -0.39 is 16.6 Å². The summed E-state index contributed by atoms with van der Waals surface area (Å²) in [6.45, 7) is 3.33. The molecule has 28 heavy (non-hydrogen) atoms. The van der Waals surface area contributed by atoms with Crippen LogP contribution >= 0.6 is 0 Å². The molecule has 0 atom stereocenters. The van der Waals surface area contributed by atoms with Crippen LogP contribution in [0.15, 0.2) is 54.2 Å². The van der Waals surface area contributed by atoms with Gasteiger partial charge in [0.2, 0.25) is 0 Å². The SMILES string of the molecule is C=CCc1ccc(OCC(=O)N/N=C\c2cc([N+](=O)[O-])ccc2[O-])c(OC)c1. The van der Waals surface area contributed by atoms with E-state index in [0.29, 0.717) is 17.9 Å². The summed E-state index contributed by atoms with van der Waals surface area (Å²) in [6.07, 6.45) is 3.47. The zero-order chi connectivity index (χ0) is 20.5. The van der Waals surface area contributed by atoms with Gasteiger partial charge >= 0.3 is 0 Å². The van der Waals surface area contributed by atoms with Gasteiger partial charge in [0.05, 0.1) is 18.2 Å². The summed E-state index contributed by atoms with van der Waals surface area (Å²) in [5.41, 5.74) is 2.91. The monoisotopic (exact) mass is 384 g/mol. The van der Waals surface area contributed by atoms with Crippen LogP contribution in [0.5, 0.6) is 17.2 Å². The number of non-ortho nitro benzene ring substituents is 1. The molecule has 0 saturated carbocycles. The van der Waals surface area contributed by atoms with Gasteiger partial charge in [0, 0.05) is 12.1 Å². The zero-order valence-corrected chi connectivity index (χ0v) is 15.1. The van der Waals surface area contributed by atoms with E-state index in [2.05, 4.69) is 17.1 Å². The summed E-state index contributed by atoms with van der Waals surface area (Å²) in [4.78, 5) is 22.0. The standard InChI is InChI=1S/C19H19N3O6/c1-3-4-13-5-8-17(18(9-13)27-2)28-12-19(24)21-20-11-14-10-15(22(25)26)6-7-16(14)23/h3,5-11,23H,1,4,12H2,2H3,(H,21,24)/p-1/b20-11-. The minimum atomic E-state index is -0.628. The van der Waals surface area contributed by atoms with Gasteiger partial charge in [-0.05, 0) is 29.7 Å². The van der Waals surface area contributed by atoms with Crippen molar-refractivity contribution in [1.29, 1.82) is 0 Å². The van der Waals surface area contributed by atoms with Crippen LogP contribution in [-0.4, -0.2) is 30.8 Å². The van der Waals surface area contributed by atoms with E-state index >= 15 is 0 Å². The van der Waals surface area contributed by atoms with Crippen LogP contribution in [0.1, 0.15) is 11.1 Å². The first-order chi connectivity index (χ1) is 13.4. The molecule has 0 aliphatic carbocycles. The van der Waals surface area contributed by atoms with Crippen LogP contribution in [0.4, 0.5) is 5.69 Å². The number of nitrogens with one attached hydrogen (secondary N) is 1. The van der Waals surface area contributed by atoms with Crippen molar-refractivity contribution in [3.63, 3.8) is 0 Å². The van der Waals surface area contributed by atoms with E-state index in [-0.39, 0.29) is 17.9 Å². The molecule has 146 valence electrons. The predicted molar refractivity (Wildman–Crippen MR) is 101 cm³/mol. The molecular weight excluding hydrogens is 366 g/mol. The molecule has 0 aliphatic heterocycles. The number of methoxy groups -OCH3 is 1. The number of rotatable bonds is 9. The maximum atomic E-state index is 11.8. The third-order valence-electron chi connectivity index (χ3n) is 3.56. The Kier molecular flexibility index (Phi) is 7.09. The van der Waals surface area contributed by atoms with E-state index in [9.17, 15) is 20.0 Å². The summed E-state index contributed by atoms with van der Waals surface area (Å²) in [5.74, 6) is -0.172. The third kappa shape index (κ3) is 5.56. The van der Waals surface area contributed by atoms with E-state index in [4.69, 9.17) is 9.47 Å². The summed E-state index contributed by atoms with van der Waals surface area (Å²) < 4.78 is 10.6. The van der Waals surface area contributed by atoms with Crippen molar-refractivity contribution in [2.75, 3.05) is 13.7 Å². The minimum absolute atomic E-state index is 0.0186. The molecule has 0 spiro atoms. The van der Waals surface area contributed by atoms with E-state index in [0.717, 1.165) is 30.0 Å². The van der Waals surface area contributed by atoms with Gasteiger partial charge in [-0.2, -0.15) is 5.10 Å². The van der Waals surface area contributed by atoms with Crippen LogP contribution in [0.3, 0.4) is 0 Å². The lowest BCUT2D eigenvalue weighted by Gasteiger charge is -2.11. The van der Waals surface area contributed by atoms with Gasteiger partial charge in [0.15, 0.2) is 18.1 Å². The van der Waals surface area contributed by atoms with Gasteiger partial charge in [-0.3, -0.25) is 14.9 Å². The number of nitro benzene ring substituents is 1. The quantitative estimate of drug-likeness (QED) is 0.305. The largest absolute Gasteiger partial charge is 0.872 e. The number of allylic oxidation sites excluding steroid dienone is 1. The van der Waals surface area contributed by atoms with Crippen molar-refractivity contribution in [3.8, 4) is 17.2 Å². The van der Waals surface area contributed by atoms with Gasteiger partial charge in [0.25, 0.3) is 11.6 Å². The number of amides is 1. The fraction of sp³-hybridized carbons (Fsp3) is 0.158. The smallest absolute Gasteiger partial charge is 0.277 e. The van der Waals surface area contributed by atoms with Gasteiger partial charge in [-0.25, -0.2) is 5.43 Å². The second-order valence-corrected chi connectivity index (χ2v) is 5.54. The topological polar surface area (TPSA) is 126 Å². The van der Waals surface area contributed by atoms with Crippen LogP contribution in [0, 0.1) is 10.1 Å². The van der Waals surface area contributed by atoms with E-state index in [1.54, 1.807) is 18.2 Å². The fourth-order valence-electron chi connectivity index (χ4n) is 2.22. The normalized spacial score (nSPS) is 10.5. The number of nitro groups is 1. The second kappa shape index (κ2) is 9.72. The Bertz CT molecular complexity index is 911. The number of hydrazone groups is 1. The van der Waals surface area contributed by atoms with Gasteiger partial charge in [-0.1, -0.05) is 24.0 Å². The van der Waals surface area contributed by atoms with Crippen molar-refractivity contribution in [1.82, 2.24) is 5.43 Å². The van der Waals surface area contributed by atoms with Crippen molar-refractivity contribution in [2.45, 2.75) is 6.42 Å². The molecule has 0 bridgehead atoms. The molecule has 0 unspecified atom stereocenters. The molecule has 0 radical (unpaired) electrons. The van der Waals surface area contributed by atoms with Crippen LogP contribution in [-0.2, 0) is 11.2 Å². The molecule has 0 saturated heterocycles. The molecule has 2 aromatic rings. The summed E-state index contributed by atoms with van der Waals surface area (Å²) >= 11 is 0. The lowest BCUT2D eigenvalue weighted by Crippen LogP contribution is -2.24. The molecular formula is C19H18N3O6-. The second-order valence-electron chi connectivity index (χ2n) is 5.54. The molecule has 0 aromatic heterocycles. The number of benzene rings is 2. The van der Waals surface area contributed by atoms with Crippen LogP contribution < -0.4 is 20.0 Å². The molecule has 9 nitrogen and oxygen atoms in total. The van der Waals surface area contributed by atoms with Crippen molar-refractivity contribution < 1.29 is 24.3 Å². The lowest BCUT2D eigenvalue weighted by atomic mass is 10.1. The lowest BCUT2D eigenvalue weighted by molar-refractivity contribution is -0.385. The van der Waals surface area contributed by atoms with Gasteiger partial charge in [0.1, 0.15) is 0 Å². The predicted octanol–water partition coefficient (Wildman–Crippen LogP) is 1.93. The highest BCUT2D eigenvalue weighted by molar-refractivity contribution is 5.86. The molecule has 0 fully saturated rings. The number of hydrogen-bond donors (Lipinski definition) is 1. The average Bonchev–Trinajstić information content (AvgIpc) is 2.68. The van der Waals surface area contributed by atoms with E-state index in [1.807, 2.05) is 6.07 Å². The average molecular weight is 384 g/mol. The van der Waals surface area contributed by atoms with Crippen molar-refractivity contribution >= 4 is 17.8 Å². The number of carbonyl (C=O) groups is 1. The summed E-state index contributed by atoms with van der Waals surface area (Å²) in [5, 5.41) is 26.0. The molecule has 2 aromatic carbocycles. The number of hydrogen-bond acceptors (Lipinski definition) is 7. The van der Waals surface area contributed by atoms with Crippen molar-refractivity contribution in [2.24, 2.45) is 5.10 Å². The molecule has 9 heteroatoms. The Morgan fingerprint density at radius 3 is 2.75 bits per heavy atom. The first kappa shape index (κ1) is 20.4. The third-order valence-corrected chi connectivity index (χ3v) is 3.56. The molecule has 1 amide bonds. The van der Waals surface area contributed by atoms with E-state index in [1.165, 1.54) is 7.11 Å². The zero-order valence-electron chi connectivity index (χ0n) is 15.1. The number of ether oxygens (including phenoxy) is 2. The molecule has 0 heterocycles. The maximum Gasteiger partial charge on any atom is 0.277 e. The minimum Gasteiger partial charge on any atom is -0.872 e. The highest BCUT2D eigenvalue weighted by Crippen LogP contribution is 2.28. The summed E-state index contributed by atoms with van der Waals surface area (Å²) in [6, 6.07) is 8.52. The highest BCUT2D eigenvalue weighted by Gasteiger charge is 2.09. The summed E-state index contributed by atoms with van der Waals surface area (Å²) in [7, 11) is 1.49. The Labute approximate surface area is 161 Å². The van der Waals surface area contributed by atoms with Gasteiger partial charge < -0.3 is 14.6 Å². The highest BCUT2D eigenvalue weighted by atomic mass is 16.6. The number of nitrogens with zero attached hydrogens (tertiary/aromatic N) is 2. The van der Waals surface area contributed by atoms with Crippen LogP contribution in [0.2, 0.25) is 0 Å².